The molecule has 0 spiro atoms. The summed E-state index contributed by atoms with van der Waals surface area (Å²) in [5.74, 6) is 0. The molecule has 0 aliphatic heterocycles. The van der Waals surface area contributed by atoms with Crippen LogP contribution in [0.25, 0.3) is 38.6 Å². The average molecular weight is 424 g/mol. The minimum Gasteiger partial charge on any atom is -0.309 e. The van der Waals surface area contributed by atoms with E-state index >= 15 is 0 Å². The number of halogens is 1. The largest absolute Gasteiger partial charge is 0.309 e. The Morgan fingerprint density at radius 3 is 2.32 bits per heavy atom. The van der Waals surface area contributed by atoms with Crippen LogP contribution in [0.4, 0.5) is 0 Å². The van der Waals surface area contributed by atoms with Crippen LogP contribution in [0.1, 0.15) is 11.1 Å². The Balaban J connectivity index is 1.63. The third kappa shape index (κ3) is 2.31. The van der Waals surface area contributed by atoms with E-state index in [4.69, 9.17) is 0 Å². The molecule has 0 unspecified atom stereocenters. The number of para-hydroxylation sites is 1. The van der Waals surface area contributed by atoms with Gasteiger partial charge in [-0.3, -0.25) is 0 Å². The van der Waals surface area contributed by atoms with Crippen molar-refractivity contribution in [1.82, 2.24) is 4.57 Å². The van der Waals surface area contributed by atoms with Crippen LogP contribution >= 0.6 is 15.9 Å². The van der Waals surface area contributed by atoms with Crippen LogP contribution in [0, 0.1) is 0 Å². The fourth-order valence-corrected chi connectivity index (χ4v) is 5.04. The van der Waals surface area contributed by atoms with Crippen molar-refractivity contribution in [3.8, 4) is 16.8 Å². The Bertz CT molecular complexity index is 1380. The first kappa shape index (κ1) is 16.1. The summed E-state index contributed by atoms with van der Waals surface area (Å²) in [6.07, 6.45) is 2.22. The summed E-state index contributed by atoms with van der Waals surface area (Å²) in [7, 11) is 0. The molecule has 0 amide bonds. The summed E-state index contributed by atoms with van der Waals surface area (Å²) < 4.78 is 3.52. The number of nitrogens with zero attached hydrogens (tertiary/aromatic N) is 1. The highest BCUT2D eigenvalue weighted by atomic mass is 79.9. The maximum Gasteiger partial charge on any atom is 0.0541 e. The molecule has 0 radical (unpaired) electrons. The van der Waals surface area contributed by atoms with Gasteiger partial charge in [-0.15, -0.1) is 0 Å². The SMILES string of the molecule is Brc1ccc2c(c1)c1ccccc1n2-c1ccc2c(c1)CCc1ccccc1-2. The van der Waals surface area contributed by atoms with Gasteiger partial charge in [-0.1, -0.05) is 64.5 Å². The van der Waals surface area contributed by atoms with Crippen LogP contribution in [-0.2, 0) is 12.8 Å². The Kier molecular flexibility index (Phi) is 3.51. The Morgan fingerprint density at radius 1 is 0.607 bits per heavy atom. The van der Waals surface area contributed by atoms with E-state index < -0.39 is 0 Å². The van der Waals surface area contributed by atoms with E-state index in [0.29, 0.717) is 0 Å². The number of fused-ring (bicyclic) bond motifs is 6. The van der Waals surface area contributed by atoms with E-state index in [0.717, 1.165) is 17.3 Å². The monoisotopic (exact) mass is 423 g/mol. The molecule has 28 heavy (non-hydrogen) atoms. The van der Waals surface area contributed by atoms with Gasteiger partial charge in [0, 0.05) is 20.9 Å². The van der Waals surface area contributed by atoms with E-state index in [9.17, 15) is 0 Å². The molecule has 0 N–H and O–H groups in total. The molecule has 4 aromatic carbocycles. The number of benzene rings is 4. The molecule has 1 aliphatic carbocycles. The van der Waals surface area contributed by atoms with Crippen LogP contribution in [0.15, 0.2) is 89.4 Å². The molecule has 2 heteroatoms. The highest BCUT2D eigenvalue weighted by Gasteiger charge is 2.18. The summed E-state index contributed by atoms with van der Waals surface area (Å²) in [5.41, 5.74) is 9.43. The van der Waals surface area contributed by atoms with Gasteiger partial charge in [-0.2, -0.15) is 0 Å². The van der Waals surface area contributed by atoms with Crippen molar-refractivity contribution in [2.75, 3.05) is 0 Å². The number of hydrogen-bond donors (Lipinski definition) is 0. The molecular formula is C26H18BrN. The van der Waals surface area contributed by atoms with E-state index in [2.05, 4.69) is 105 Å². The van der Waals surface area contributed by atoms with Gasteiger partial charge in [0.15, 0.2) is 0 Å². The van der Waals surface area contributed by atoms with E-state index in [-0.39, 0.29) is 0 Å². The Hall–Kier alpha value is -2.84. The van der Waals surface area contributed by atoms with Crippen LogP contribution in [0.3, 0.4) is 0 Å². The molecule has 0 fully saturated rings. The molecule has 6 rings (SSSR count). The van der Waals surface area contributed by atoms with Crippen molar-refractivity contribution in [2.24, 2.45) is 0 Å². The fraction of sp³-hybridized carbons (Fsp3) is 0.0769. The lowest BCUT2D eigenvalue weighted by Crippen LogP contribution is -2.05. The normalized spacial score (nSPS) is 12.9. The van der Waals surface area contributed by atoms with Crippen molar-refractivity contribution in [3.05, 3.63) is 101 Å². The second-order valence-corrected chi connectivity index (χ2v) is 8.43. The van der Waals surface area contributed by atoms with Gasteiger partial charge in [0.25, 0.3) is 0 Å². The third-order valence-corrected chi connectivity index (χ3v) is 6.45. The first-order chi connectivity index (χ1) is 13.8. The summed E-state index contributed by atoms with van der Waals surface area (Å²) >= 11 is 3.64. The lowest BCUT2D eigenvalue weighted by molar-refractivity contribution is 0.938. The van der Waals surface area contributed by atoms with Crippen molar-refractivity contribution in [1.29, 1.82) is 0 Å². The second kappa shape index (κ2) is 6.08. The van der Waals surface area contributed by atoms with Gasteiger partial charge in [0.05, 0.1) is 11.0 Å². The maximum absolute atomic E-state index is 3.64. The maximum atomic E-state index is 3.64. The van der Waals surface area contributed by atoms with Crippen LogP contribution < -0.4 is 0 Å². The van der Waals surface area contributed by atoms with E-state index in [1.807, 2.05) is 0 Å². The number of aromatic nitrogens is 1. The molecule has 1 nitrogen and oxygen atoms in total. The fourth-order valence-electron chi connectivity index (χ4n) is 4.68. The molecule has 0 saturated carbocycles. The van der Waals surface area contributed by atoms with Gasteiger partial charge in [0.2, 0.25) is 0 Å². The minimum atomic E-state index is 1.10. The van der Waals surface area contributed by atoms with Gasteiger partial charge in [0.1, 0.15) is 0 Å². The molecular weight excluding hydrogens is 406 g/mol. The van der Waals surface area contributed by atoms with E-state index in [1.54, 1.807) is 0 Å². The number of aryl methyl sites for hydroxylation is 2. The third-order valence-electron chi connectivity index (χ3n) is 5.95. The lowest BCUT2D eigenvalue weighted by atomic mass is 9.85. The molecule has 0 saturated heterocycles. The molecule has 134 valence electrons. The zero-order chi connectivity index (χ0) is 18.7. The number of rotatable bonds is 1. The molecule has 1 aromatic heterocycles. The molecule has 0 bridgehead atoms. The molecule has 1 heterocycles. The summed E-state index contributed by atoms with van der Waals surface area (Å²) in [5, 5.41) is 2.58. The van der Waals surface area contributed by atoms with E-state index in [1.165, 1.54) is 49.7 Å². The second-order valence-electron chi connectivity index (χ2n) is 7.51. The van der Waals surface area contributed by atoms with Crippen molar-refractivity contribution in [2.45, 2.75) is 12.8 Å². The minimum absolute atomic E-state index is 1.10. The van der Waals surface area contributed by atoms with Gasteiger partial charge in [-0.25, -0.2) is 0 Å². The highest BCUT2D eigenvalue weighted by Crippen LogP contribution is 2.37. The molecule has 0 atom stereocenters. The summed E-state index contributed by atoms with van der Waals surface area (Å²) in [6.45, 7) is 0. The highest BCUT2D eigenvalue weighted by molar-refractivity contribution is 9.10. The van der Waals surface area contributed by atoms with Gasteiger partial charge >= 0.3 is 0 Å². The number of hydrogen-bond acceptors (Lipinski definition) is 0. The van der Waals surface area contributed by atoms with Crippen LogP contribution in [0.2, 0.25) is 0 Å². The smallest absolute Gasteiger partial charge is 0.0541 e. The summed E-state index contributed by atoms with van der Waals surface area (Å²) in [6, 6.07) is 31.0. The predicted molar refractivity (Wildman–Crippen MR) is 121 cm³/mol. The first-order valence-electron chi connectivity index (χ1n) is 9.70. The van der Waals surface area contributed by atoms with Gasteiger partial charge in [-0.05, 0) is 71.5 Å². The average Bonchev–Trinajstić information content (AvgIpc) is 3.07. The zero-order valence-electron chi connectivity index (χ0n) is 15.3. The van der Waals surface area contributed by atoms with Crippen molar-refractivity contribution in [3.63, 3.8) is 0 Å². The van der Waals surface area contributed by atoms with Crippen molar-refractivity contribution < 1.29 is 0 Å². The lowest BCUT2D eigenvalue weighted by Gasteiger charge is -2.21. The van der Waals surface area contributed by atoms with Crippen LogP contribution in [0.5, 0.6) is 0 Å². The topological polar surface area (TPSA) is 4.93 Å². The first-order valence-corrected chi connectivity index (χ1v) is 10.5. The molecule has 5 aromatic rings. The quantitative estimate of drug-likeness (QED) is 0.266. The Morgan fingerprint density at radius 2 is 1.36 bits per heavy atom. The summed E-state index contributed by atoms with van der Waals surface area (Å²) in [4.78, 5) is 0. The zero-order valence-corrected chi connectivity index (χ0v) is 16.9. The standard InChI is InChI=1S/C26H18BrN/c27-19-11-14-26-24(16-19)23-7-3-4-8-25(23)28(26)20-12-13-22-18(15-20)10-9-17-5-1-2-6-21(17)22/h1-8,11-16H,9-10H2. The Labute approximate surface area is 172 Å². The molecule has 1 aliphatic rings. The van der Waals surface area contributed by atoms with Crippen molar-refractivity contribution >= 4 is 37.7 Å². The predicted octanol–water partition coefficient (Wildman–Crippen LogP) is 7.31. The van der Waals surface area contributed by atoms with Crippen LogP contribution in [-0.4, -0.2) is 4.57 Å². The van der Waals surface area contributed by atoms with Gasteiger partial charge < -0.3 is 4.57 Å².